The number of nitrogen functional groups attached to an aromatic ring is 1. The van der Waals surface area contributed by atoms with E-state index in [1.165, 1.54) is 18.5 Å². The number of anilines is 1. The summed E-state index contributed by atoms with van der Waals surface area (Å²) in [5, 5.41) is 0. The molecule has 0 spiro atoms. The van der Waals surface area contributed by atoms with E-state index in [1.807, 2.05) is 0 Å². The van der Waals surface area contributed by atoms with E-state index in [0.29, 0.717) is 12.5 Å². The normalized spacial score (nSPS) is 18.6. The highest BCUT2D eigenvalue weighted by Crippen LogP contribution is 2.18. The van der Waals surface area contributed by atoms with Crippen molar-refractivity contribution in [2.75, 3.05) is 32.4 Å². The molecule has 1 aromatic heterocycles. The van der Waals surface area contributed by atoms with E-state index >= 15 is 0 Å². The van der Waals surface area contributed by atoms with Crippen molar-refractivity contribution in [1.82, 2.24) is 14.6 Å². The van der Waals surface area contributed by atoms with Gasteiger partial charge in [-0.05, 0) is 45.0 Å². The van der Waals surface area contributed by atoms with Gasteiger partial charge in [-0.3, -0.25) is 4.98 Å². The number of rotatable bonds is 4. The van der Waals surface area contributed by atoms with E-state index in [1.54, 1.807) is 0 Å². The smallest absolute Gasteiger partial charge is 0.244 e. The summed E-state index contributed by atoms with van der Waals surface area (Å²) in [7, 11) is -1.47. The van der Waals surface area contributed by atoms with E-state index in [9.17, 15) is 8.42 Å². The molecule has 0 saturated carbocycles. The zero-order valence-corrected chi connectivity index (χ0v) is 11.9. The van der Waals surface area contributed by atoms with Gasteiger partial charge in [0.15, 0.2) is 0 Å². The largest absolute Gasteiger partial charge is 0.398 e. The minimum Gasteiger partial charge on any atom is -0.398 e. The number of hydrogen-bond donors (Lipinski definition) is 2. The third-order valence-electron chi connectivity index (χ3n) is 3.51. The molecule has 0 atom stereocenters. The van der Waals surface area contributed by atoms with Crippen LogP contribution in [0.1, 0.15) is 12.8 Å². The number of pyridine rings is 1. The van der Waals surface area contributed by atoms with Gasteiger partial charge in [-0.2, -0.15) is 0 Å². The van der Waals surface area contributed by atoms with Gasteiger partial charge in [-0.15, -0.1) is 0 Å². The second-order valence-corrected chi connectivity index (χ2v) is 6.75. The van der Waals surface area contributed by atoms with Gasteiger partial charge in [-0.25, -0.2) is 13.1 Å². The Morgan fingerprint density at radius 2 is 2.16 bits per heavy atom. The van der Waals surface area contributed by atoms with Crippen LogP contribution >= 0.6 is 0 Å². The van der Waals surface area contributed by atoms with Gasteiger partial charge in [0.05, 0.1) is 5.69 Å². The lowest BCUT2D eigenvalue weighted by atomic mass is 9.98. The Balaban J connectivity index is 1.97. The number of sulfonamides is 1. The first-order valence-corrected chi connectivity index (χ1v) is 7.85. The monoisotopic (exact) mass is 284 g/mol. The van der Waals surface area contributed by atoms with Crippen molar-refractivity contribution in [1.29, 1.82) is 0 Å². The van der Waals surface area contributed by atoms with Gasteiger partial charge in [0.25, 0.3) is 0 Å². The summed E-state index contributed by atoms with van der Waals surface area (Å²) in [6.07, 6.45) is 4.79. The molecular weight excluding hydrogens is 264 g/mol. The van der Waals surface area contributed by atoms with Crippen LogP contribution in [0.4, 0.5) is 5.69 Å². The molecule has 0 bridgehead atoms. The number of piperidine rings is 1. The highest BCUT2D eigenvalue weighted by molar-refractivity contribution is 7.89. The van der Waals surface area contributed by atoms with Crippen LogP contribution in [0.2, 0.25) is 0 Å². The molecule has 6 nitrogen and oxygen atoms in total. The average molecular weight is 284 g/mol. The second kappa shape index (κ2) is 5.85. The van der Waals surface area contributed by atoms with Gasteiger partial charge in [0.2, 0.25) is 10.0 Å². The van der Waals surface area contributed by atoms with Crippen LogP contribution in [0.3, 0.4) is 0 Å². The fraction of sp³-hybridized carbons (Fsp3) is 0.583. The number of nitrogens with one attached hydrogen (secondary N) is 1. The number of hydrogen-bond acceptors (Lipinski definition) is 5. The number of nitrogens with two attached hydrogens (primary N) is 1. The Labute approximate surface area is 114 Å². The van der Waals surface area contributed by atoms with Crippen molar-refractivity contribution in [3.05, 3.63) is 18.5 Å². The van der Waals surface area contributed by atoms with Crippen LogP contribution in [-0.4, -0.2) is 45.0 Å². The molecule has 19 heavy (non-hydrogen) atoms. The zero-order chi connectivity index (χ0) is 13.9. The molecule has 0 unspecified atom stereocenters. The average Bonchev–Trinajstić information content (AvgIpc) is 2.38. The van der Waals surface area contributed by atoms with Crippen molar-refractivity contribution in [3.8, 4) is 0 Å². The maximum Gasteiger partial charge on any atom is 0.244 e. The number of aromatic nitrogens is 1. The molecule has 0 amide bonds. The predicted octanol–water partition coefficient (Wildman–Crippen LogP) is 0.284. The zero-order valence-electron chi connectivity index (χ0n) is 11.0. The third-order valence-corrected chi connectivity index (χ3v) is 4.97. The summed E-state index contributed by atoms with van der Waals surface area (Å²) >= 11 is 0. The molecule has 1 aliphatic rings. The van der Waals surface area contributed by atoms with Gasteiger partial charge in [0, 0.05) is 18.9 Å². The standard InChI is InChI=1S/C12H20N4O2S/c1-16-6-3-10(4-7-16)8-15-19(17,18)12-9-14-5-2-11(12)13/h2,5,9-10,15H,3-4,6-8H2,1H3,(H2,13,14). The first-order valence-electron chi connectivity index (χ1n) is 6.37. The van der Waals surface area contributed by atoms with Gasteiger partial charge in [0.1, 0.15) is 4.90 Å². The Kier molecular flexibility index (Phi) is 4.38. The summed E-state index contributed by atoms with van der Waals surface area (Å²) in [4.78, 5) is 6.12. The summed E-state index contributed by atoms with van der Waals surface area (Å²) in [6.45, 7) is 2.49. The molecule has 3 N–H and O–H groups in total. The first kappa shape index (κ1) is 14.2. The van der Waals surface area contributed by atoms with E-state index in [-0.39, 0.29) is 10.6 Å². The van der Waals surface area contributed by atoms with E-state index in [4.69, 9.17) is 5.73 Å². The Bertz CT molecular complexity index is 524. The van der Waals surface area contributed by atoms with E-state index in [0.717, 1.165) is 25.9 Å². The molecule has 106 valence electrons. The lowest BCUT2D eigenvalue weighted by molar-refractivity contribution is 0.220. The molecule has 2 rings (SSSR count). The molecule has 1 aliphatic heterocycles. The van der Waals surface area contributed by atoms with Crippen molar-refractivity contribution < 1.29 is 8.42 Å². The summed E-state index contributed by atoms with van der Waals surface area (Å²) in [5.74, 6) is 0.392. The molecular formula is C12H20N4O2S. The Hall–Kier alpha value is -1.18. The summed E-state index contributed by atoms with van der Waals surface area (Å²) < 4.78 is 26.9. The fourth-order valence-corrected chi connectivity index (χ4v) is 3.38. The minimum atomic E-state index is -3.55. The van der Waals surface area contributed by atoms with Crippen LogP contribution in [0, 0.1) is 5.92 Å². The second-order valence-electron chi connectivity index (χ2n) is 5.01. The minimum absolute atomic E-state index is 0.0583. The molecule has 0 aliphatic carbocycles. The van der Waals surface area contributed by atoms with Crippen LogP contribution in [0.25, 0.3) is 0 Å². The van der Waals surface area contributed by atoms with E-state index in [2.05, 4.69) is 21.7 Å². The molecule has 7 heteroatoms. The van der Waals surface area contributed by atoms with Crippen molar-refractivity contribution in [2.45, 2.75) is 17.7 Å². The van der Waals surface area contributed by atoms with Gasteiger partial charge < -0.3 is 10.6 Å². The SMILES string of the molecule is CN1CCC(CNS(=O)(=O)c2cnccc2N)CC1. The van der Waals surface area contributed by atoms with Gasteiger partial charge in [-0.1, -0.05) is 0 Å². The maximum atomic E-state index is 12.1. The van der Waals surface area contributed by atoms with E-state index < -0.39 is 10.0 Å². The fourth-order valence-electron chi connectivity index (χ4n) is 2.19. The Morgan fingerprint density at radius 3 is 2.79 bits per heavy atom. The van der Waals surface area contributed by atoms with Crippen LogP contribution in [0.5, 0.6) is 0 Å². The van der Waals surface area contributed by atoms with Crippen LogP contribution in [0.15, 0.2) is 23.4 Å². The highest BCUT2D eigenvalue weighted by atomic mass is 32.2. The summed E-state index contributed by atoms with van der Waals surface area (Å²) in [6, 6.07) is 1.49. The molecule has 1 fully saturated rings. The third kappa shape index (κ3) is 3.65. The summed E-state index contributed by atoms with van der Waals surface area (Å²) in [5.41, 5.74) is 5.90. The Morgan fingerprint density at radius 1 is 1.47 bits per heavy atom. The topological polar surface area (TPSA) is 88.3 Å². The highest BCUT2D eigenvalue weighted by Gasteiger charge is 2.21. The van der Waals surface area contributed by atoms with Crippen LogP contribution in [-0.2, 0) is 10.0 Å². The molecule has 1 aromatic rings. The molecule has 0 radical (unpaired) electrons. The quantitative estimate of drug-likeness (QED) is 0.829. The van der Waals surface area contributed by atoms with Gasteiger partial charge >= 0.3 is 0 Å². The first-order chi connectivity index (χ1) is 8.99. The molecule has 2 heterocycles. The molecule has 0 aromatic carbocycles. The number of likely N-dealkylation sites (tertiary alicyclic amines) is 1. The predicted molar refractivity (Wildman–Crippen MR) is 74.1 cm³/mol. The lowest BCUT2D eigenvalue weighted by Gasteiger charge is -2.28. The van der Waals surface area contributed by atoms with Crippen LogP contribution < -0.4 is 10.5 Å². The lowest BCUT2D eigenvalue weighted by Crippen LogP contribution is -2.37. The molecule has 1 saturated heterocycles. The van der Waals surface area contributed by atoms with Crippen molar-refractivity contribution >= 4 is 15.7 Å². The van der Waals surface area contributed by atoms with Crippen molar-refractivity contribution in [2.24, 2.45) is 5.92 Å². The maximum absolute atomic E-state index is 12.1. The number of nitrogens with zero attached hydrogens (tertiary/aromatic N) is 2. The van der Waals surface area contributed by atoms with Crippen molar-refractivity contribution in [3.63, 3.8) is 0 Å².